The van der Waals surface area contributed by atoms with E-state index in [0.29, 0.717) is 32.9 Å². The third-order valence-corrected chi connectivity index (χ3v) is 7.06. The molecule has 2 heterocycles. The summed E-state index contributed by atoms with van der Waals surface area (Å²) in [6.45, 7) is -0.970. The number of carbonyl (C=O) groups excluding carboxylic acids is 1. The molecule has 1 amide bonds. The number of likely N-dealkylation sites (N-methyl/N-ethyl adjacent to an activating group) is 1. The van der Waals surface area contributed by atoms with Gasteiger partial charge in [0.05, 0.1) is 48.5 Å². The first kappa shape index (κ1) is 28.7. The van der Waals surface area contributed by atoms with Crippen LogP contribution in [0.4, 0.5) is 44.7 Å². The number of aliphatic hydroxyl groups is 1. The summed E-state index contributed by atoms with van der Waals surface area (Å²) in [6.07, 6.45) is -7.15. The highest BCUT2D eigenvalue weighted by atomic mass is 19.4. The second-order valence-electron chi connectivity index (χ2n) is 9.67. The molecule has 2 aliphatic heterocycles. The first-order valence-electron chi connectivity index (χ1n) is 12.5. The van der Waals surface area contributed by atoms with Crippen molar-refractivity contribution in [2.75, 3.05) is 41.6 Å². The highest BCUT2D eigenvalue weighted by Crippen LogP contribution is 2.39. The Morgan fingerprint density at radius 3 is 2.52 bits per heavy atom. The maximum absolute atomic E-state index is 15.4. The van der Waals surface area contributed by atoms with Gasteiger partial charge in [-0.15, -0.1) is 0 Å². The van der Waals surface area contributed by atoms with Crippen molar-refractivity contribution in [3.63, 3.8) is 0 Å². The predicted octanol–water partition coefficient (Wildman–Crippen LogP) is 4.49. The monoisotopic (exact) mass is 588 g/mol. The number of hydrogen-bond acceptors (Lipinski definition) is 7. The van der Waals surface area contributed by atoms with Gasteiger partial charge < -0.3 is 30.7 Å². The minimum absolute atomic E-state index is 0.00573. The van der Waals surface area contributed by atoms with E-state index in [2.05, 4.69) is 5.32 Å². The van der Waals surface area contributed by atoms with Crippen molar-refractivity contribution >= 4 is 34.5 Å². The van der Waals surface area contributed by atoms with Crippen molar-refractivity contribution in [2.24, 2.45) is 0 Å². The molecule has 0 aromatic heterocycles. The summed E-state index contributed by atoms with van der Waals surface area (Å²) in [4.78, 5) is 17.0. The Hall–Kier alpha value is -4.85. The molecule has 9 nitrogen and oxygen atoms in total. The van der Waals surface area contributed by atoms with Crippen LogP contribution in [0.25, 0.3) is 0 Å². The Kier molecular flexibility index (Phi) is 7.18. The minimum Gasteiger partial charge on any atom is -0.494 e. The van der Waals surface area contributed by atoms with Gasteiger partial charge in [-0.1, -0.05) is 12.1 Å². The van der Waals surface area contributed by atoms with Crippen molar-refractivity contribution < 1.29 is 36.6 Å². The van der Waals surface area contributed by atoms with E-state index in [-0.39, 0.29) is 23.6 Å². The third kappa shape index (κ3) is 4.83. The largest absolute Gasteiger partial charge is 0.494 e. The second kappa shape index (κ2) is 10.5. The van der Waals surface area contributed by atoms with Crippen LogP contribution in [0.2, 0.25) is 0 Å². The Balaban J connectivity index is 1.69. The van der Waals surface area contributed by atoms with Crippen molar-refractivity contribution in [1.82, 2.24) is 4.90 Å². The molecule has 1 unspecified atom stereocenters. The van der Waals surface area contributed by atoms with Crippen LogP contribution in [0.5, 0.6) is 5.75 Å². The number of benzene rings is 3. The molecule has 14 heteroatoms. The smallest absolute Gasteiger partial charge is 0.416 e. The Morgan fingerprint density at radius 2 is 1.83 bits per heavy atom. The van der Waals surface area contributed by atoms with E-state index >= 15 is 4.39 Å². The quantitative estimate of drug-likeness (QED) is 0.202. The summed E-state index contributed by atoms with van der Waals surface area (Å²) in [6, 6.07) is 11.1. The number of halogens is 5. The fourth-order valence-corrected chi connectivity index (χ4v) is 5.03. The van der Waals surface area contributed by atoms with Crippen LogP contribution < -0.4 is 25.6 Å². The van der Waals surface area contributed by atoms with Crippen molar-refractivity contribution in [3.8, 4) is 5.75 Å². The molecule has 0 spiro atoms. The zero-order chi connectivity index (χ0) is 30.5. The molecule has 220 valence electrons. The summed E-state index contributed by atoms with van der Waals surface area (Å²) < 4.78 is 76.8. The molecule has 2 aliphatic rings. The van der Waals surface area contributed by atoms with Crippen LogP contribution in [-0.4, -0.2) is 48.8 Å². The molecule has 3 aromatic rings. The lowest BCUT2D eigenvalue weighted by molar-refractivity contribution is -0.139. The molecule has 3 aromatic carbocycles. The number of nitrogens with two attached hydrogens (primary N) is 1. The van der Waals surface area contributed by atoms with E-state index in [1.54, 1.807) is 30.1 Å². The van der Waals surface area contributed by atoms with Crippen LogP contribution in [0.1, 0.15) is 11.1 Å². The fourth-order valence-electron chi connectivity index (χ4n) is 5.03. The number of nitrogens with one attached hydrogen (secondary N) is 2. The number of carbonyl (C=O) groups is 1. The number of methoxy groups -OCH3 is 1. The molecule has 0 saturated carbocycles. The number of hydrogen-bond donors (Lipinski definition) is 4. The van der Waals surface area contributed by atoms with Crippen LogP contribution in [0.3, 0.4) is 0 Å². The molecule has 0 bridgehead atoms. The van der Waals surface area contributed by atoms with Crippen molar-refractivity contribution in [3.05, 3.63) is 88.6 Å². The lowest BCUT2D eigenvalue weighted by Crippen LogP contribution is -2.61. The Morgan fingerprint density at radius 1 is 1.12 bits per heavy atom. The number of amides is 1. The third-order valence-electron chi connectivity index (χ3n) is 7.06. The molecular weight excluding hydrogens is 563 g/mol. The summed E-state index contributed by atoms with van der Waals surface area (Å²) in [5, 5.41) is 23.3. The number of nitrogens with zero attached hydrogens (tertiary/aromatic N) is 3. The maximum Gasteiger partial charge on any atom is 0.416 e. The molecule has 1 fully saturated rings. The van der Waals surface area contributed by atoms with Crippen molar-refractivity contribution in [1.29, 1.82) is 5.41 Å². The van der Waals surface area contributed by atoms with Crippen LogP contribution in [0.15, 0.2) is 65.9 Å². The summed E-state index contributed by atoms with van der Waals surface area (Å²) in [7, 11) is 2.88. The van der Waals surface area contributed by atoms with E-state index in [1.807, 2.05) is 0 Å². The lowest BCUT2D eigenvalue weighted by Gasteiger charge is -2.44. The number of nitrogen functional groups attached to an aromatic ring is 1. The van der Waals surface area contributed by atoms with E-state index in [4.69, 9.17) is 15.9 Å². The number of aliphatic hydroxyl groups excluding tert-OH is 1. The molecule has 42 heavy (non-hydrogen) atoms. The maximum atomic E-state index is 15.4. The first-order valence-corrected chi connectivity index (χ1v) is 12.5. The number of fused-ring (bicyclic) bond motifs is 1. The van der Waals surface area contributed by atoms with Gasteiger partial charge in [-0.2, -0.15) is 13.2 Å². The standard InChI is InChI=1S/C28H25F5N6O3/c1-37-13-19(36-18-10-9-14(34)11-21(18)37)23-25(35)38(12-15-16(28(31,32)33)5-3-6-17(15)29)27(41)39(26(23)40)20-7-4-8-22(42-2)24(20)30/h3-11,27,35-36,41H,12-13,34H2,1-2H3/b23-19+,35-25?. The molecule has 1 saturated heterocycles. The highest BCUT2D eigenvalue weighted by molar-refractivity contribution is 6.27. The molecule has 0 aliphatic carbocycles. The van der Waals surface area contributed by atoms with Crippen LogP contribution >= 0.6 is 0 Å². The number of ether oxygens (including phenoxy) is 1. The normalized spacial score (nSPS) is 19.1. The average Bonchev–Trinajstić information content (AvgIpc) is 2.92. The SMILES string of the molecule is COc1cccc(N2C(=O)/C(=C3\CN(C)c4cc(N)ccc4N3)C(=N)N(Cc3c(F)cccc3C(F)(F)F)C2O)c1F. The summed E-state index contributed by atoms with van der Waals surface area (Å²) in [5.41, 5.74) is 4.65. The predicted molar refractivity (Wildman–Crippen MR) is 146 cm³/mol. The highest BCUT2D eigenvalue weighted by Gasteiger charge is 2.45. The van der Waals surface area contributed by atoms with E-state index in [9.17, 15) is 27.5 Å². The van der Waals surface area contributed by atoms with Crippen LogP contribution in [0, 0.1) is 17.0 Å². The molecule has 0 radical (unpaired) electrons. The van der Waals surface area contributed by atoms with Crippen molar-refractivity contribution in [2.45, 2.75) is 19.1 Å². The van der Waals surface area contributed by atoms with Crippen LogP contribution in [-0.2, 0) is 17.5 Å². The summed E-state index contributed by atoms with van der Waals surface area (Å²) in [5.74, 6) is -4.27. The van der Waals surface area contributed by atoms with E-state index in [0.717, 1.165) is 18.2 Å². The Bertz CT molecular complexity index is 1630. The lowest BCUT2D eigenvalue weighted by atomic mass is 10.0. The zero-order valence-corrected chi connectivity index (χ0v) is 22.3. The van der Waals surface area contributed by atoms with Gasteiger partial charge in [0.15, 0.2) is 11.6 Å². The average molecular weight is 589 g/mol. The molecular formula is C28H25F5N6O3. The van der Waals surface area contributed by atoms with E-state index < -0.39 is 59.3 Å². The number of alkyl halides is 3. The van der Waals surface area contributed by atoms with Gasteiger partial charge in [-0.25, -0.2) is 8.78 Å². The minimum atomic E-state index is -4.96. The van der Waals surface area contributed by atoms with Gasteiger partial charge in [-0.3, -0.25) is 15.1 Å². The van der Waals surface area contributed by atoms with Gasteiger partial charge in [0.25, 0.3) is 5.91 Å². The van der Waals surface area contributed by atoms with Gasteiger partial charge in [0, 0.05) is 18.3 Å². The van der Waals surface area contributed by atoms with Gasteiger partial charge in [0.1, 0.15) is 17.2 Å². The van der Waals surface area contributed by atoms with Gasteiger partial charge in [-0.05, 0) is 42.5 Å². The Labute approximate surface area is 236 Å². The topological polar surface area (TPSA) is 118 Å². The summed E-state index contributed by atoms with van der Waals surface area (Å²) >= 11 is 0. The van der Waals surface area contributed by atoms with Gasteiger partial charge >= 0.3 is 6.18 Å². The number of amidine groups is 1. The molecule has 5 N–H and O–H groups in total. The fraction of sp³-hybridized carbons (Fsp3) is 0.214. The number of anilines is 4. The van der Waals surface area contributed by atoms with E-state index in [1.165, 1.54) is 19.2 Å². The number of rotatable bonds is 4. The zero-order valence-electron chi connectivity index (χ0n) is 22.3. The first-order chi connectivity index (χ1) is 19.8. The molecule has 1 atom stereocenters. The van der Waals surface area contributed by atoms with Gasteiger partial charge in [0.2, 0.25) is 6.35 Å². The molecule has 5 rings (SSSR count). The second-order valence-corrected chi connectivity index (χ2v) is 9.67.